The molecule has 198 valence electrons. The fraction of sp³-hybridized carbons (Fsp3) is 0.219. The lowest BCUT2D eigenvalue weighted by Gasteiger charge is -2.23. The molecule has 3 aromatic carbocycles. The molecule has 5 rings (SSSR count). The fourth-order valence-electron chi connectivity index (χ4n) is 5.16. The molecule has 0 N–H and O–H groups in total. The van der Waals surface area contributed by atoms with Crippen LogP contribution in [0.2, 0.25) is 0 Å². The third-order valence-electron chi connectivity index (χ3n) is 7.20. The van der Waals surface area contributed by atoms with E-state index in [0.29, 0.717) is 33.7 Å². The normalized spacial score (nSPS) is 14.8. The van der Waals surface area contributed by atoms with Crippen molar-refractivity contribution in [3.63, 3.8) is 0 Å². The molecule has 0 bridgehead atoms. The van der Waals surface area contributed by atoms with Crippen LogP contribution >= 0.6 is 0 Å². The van der Waals surface area contributed by atoms with E-state index >= 15 is 0 Å². The van der Waals surface area contributed by atoms with Crippen LogP contribution in [0.5, 0.6) is 11.5 Å². The van der Waals surface area contributed by atoms with Gasteiger partial charge in [0.2, 0.25) is 0 Å². The number of likely N-dealkylation sites (N-methyl/N-ethyl adjacent to an activating group) is 1. The fourth-order valence-corrected chi connectivity index (χ4v) is 5.16. The summed E-state index contributed by atoms with van der Waals surface area (Å²) in [6, 6.07) is 22.5. The molecule has 0 saturated carbocycles. The highest BCUT2D eigenvalue weighted by molar-refractivity contribution is 6.05. The van der Waals surface area contributed by atoms with Gasteiger partial charge in [-0.1, -0.05) is 50.2 Å². The van der Waals surface area contributed by atoms with Gasteiger partial charge in [0.25, 0.3) is 0 Å². The van der Waals surface area contributed by atoms with Crippen LogP contribution in [0.3, 0.4) is 0 Å². The Morgan fingerprint density at radius 2 is 1.64 bits per heavy atom. The zero-order chi connectivity index (χ0) is 27.7. The van der Waals surface area contributed by atoms with Gasteiger partial charge in [-0.25, -0.2) is 9.78 Å². The smallest absolute Gasteiger partial charge is 0.339 e. The number of anilines is 1. The lowest BCUT2D eigenvalue weighted by Crippen LogP contribution is -2.25. The number of fused-ring (bicyclic) bond motifs is 2. The largest absolute Gasteiger partial charge is 0.493 e. The van der Waals surface area contributed by atoms with E-state index in [1.54, 1.807) is 38.5 Å². The Kier molecular flexibility index (Phi) is 6.83. The highest BCUT2D eigenvalue weighted by Gasteiger charge is 2.38. The van der Waals surface area contributed by atoms with Gasteiger partial charge in [0.1, 0.15) is 0 Å². The Hall–Kier alpha value is -4.65. The van der Waals surface area contributed by atoms with Crippen molar-refractivity contribution in [3.05, 3.63) is 95.7 Å². The highest BCUT2D eigenvalue weighted by Crippen LogP contribution is 2.46. The summed E-state index contributed by atoms with van der Waals surface area (Å²) in [5, 5.41) is 0.643. The molecule has 0 amide bonds. The topological polar surface area (TPSA) is 78.0 Å². The Bertz CT molecular complexity index is 1620. The maximum Gasteiger partial charge on any atom is 0.339 e. The molecule has 2 heterocycles. The second-order valence-electron chi connectivity index (χ2n) is 9.92. The van der Waals surface area contributed by atoms with Gasteiger partial charge in [0.15, 0.2) is 23.9 Å². The molecule has 0 spiro atoms. The van der Waals surface area contributed by atoms with E-state index in [9.17, 15) is 9.59 Å². The third-order valence-corrected chi connectivity index (χ3v) is 7.20. The van der Waals surface area contributed by atoms with E-state index in [0.717, 1.165) is 22.5 Å². The molecule has 0 saturated heterocycles. The summed E-state index contributed by atoms with van der Waals surface area (Å²) in [5.41, 5.74) is 5.00. The number of aromatic nitrogens is 1. The predicted molar refractivity (Wildman–Crippen MR) is 152 cm³/mol. The molecule has 0 radical (unpaired) electrons. The number of esters is 1. The molecule has 7 heteroatoms. The maximum absolute atomic E-state index is 13.3. The van der Waals surface area contributed by atoms with E-state index < -0.39 is 5.97 Å². The van der Waals surface area contributed by atoms with Crippen molar-refractivity contribution in [1.82, 2.24) is 4.98 Å². The average Bonchev–Trinajstić information content (AvgIpc) is 3.15. The number of hydrogen-bond donors (Lipinski definition) is 0. The SMILES string of the molecule is COc1ccc(-c2cc(C(=O)OCC(=O)/C=C3\N(C)c4ccccc4C3(C)C)c3ccccc3n2)cc1OC. The summed E-state index contributed by atoms with van der Waals surface area (Å²) in [6.45, 7) is 3.80. The van der Waals surface area contributed by atoms with Crippen LogP contribution in [-0.2, 0) is 14.9 Å². The number of methoxy groups -OCH3 is 2. The molecular weight excluding hydrogens is 492 g/mol. The van der Waals surface area contributed by atoms with Gasteiger partial charge in [-0.05, 0) is 42.0 Å². The summed E-state index contributed by atoms with van der Waals surface area (Å²) < 4.78 is 16.3. The highest BCUT2D eigenvalue weighted by atomic mass is 16.5. The van der Waals surface area contributed by atoms with E-state index in [-0.39, 0.29) is 17.8 Å². The Labute approximate surface area is 227 Å². The van der Waals surface area contributed by atoms with Crippen molar-refractivity contribution in [3.8, 4) is 22.8 Å². The molecular formula is C32H30N2O5. The van der Waals surface area contributed by atoms with Crippen molar-refractivity contribution in [2.45, 2.75) is 19.3 Å². The second kappa shape index (κ2) is 10.3. The van der Waals surface area contributed by atoms with Crippen molar-refractivity contribution in [2.24, 2.45) is 0 Å². The van der Waals surface area contributed by atoms with Gasteiger partial charge >= 0.3 is 5.97 Å². The van der Waals surface area contributed by atoms with Gasteiger partial charge < -0.3 is 19.1 Å². The minimum Gasteiger partial charge on any atom is -0.493 e. The van der Waals surface area contributed by atoms with Crippen LogP contribution in [0, 0.1) is 0 Å². The number of para-hydroxylation sites is 2. The molecule has 0 unspecified atom stereocenters. The first-order valence-corrected chi connectivity index (χ1v) is 12.6. The lowest BCUT2D eigenvalue weighted by atomic mass is 9.83. The summed E-state index contributed by atoms with van der Waals surface area (Å²) in [6.07, 6.45) is 1.58. The number of allylic oxidation sites excluding steroid dienone is 1. The molecule has 0 atom stereocenters. The average molecular weight is 523 g/mol. The van der Waals surface area contributed by atoms with Crippen LogP contribution in [0.15, 0.2) is 84.6 Å². The number of carbonyl (C=O) groups excluding carboxylic acids is 2. The zero-order valence-corrected chi connectivity index (χ0v) is 22.6. The van der Waals surface area contributed by atoms with Crippen molar-refractivity contribution < 1.29 is 23.8 Å². The molecule has 39 heavy (non-hydrogen) atoms. The standard InChI is InChI=1S/C32H30N2O5/c1-32(2)24-11-7-9-13-27(24)34(3)30(32)17-21(35)19-39-31(36)23-18-26(33-25-12-8-6-10-22(23)25)20-14-15-28(37-4)29(16-20)38-5/h6-18H,19H2,1-5H3/b30-17-. The zero-order valence-electron chi connectivity index (χ0n) is 22.6. The van der Waals surface area contributed by atoms with Gasteiger partial charge in [-0.2, -0.15) is 0 Å². The first-order valence-electron chi connectivity index (χ1n) is 12.6. The molecule has 1 aromatic heterocycles. The Morgan fingerprint density at radius 1 is 0.923 bits per heavy atom. The minimum absolute atomic E-state index is 0.287. The molecule has 0 aliphatic carbocycles. The quantitative estimate of drug-likeness (QED) is 0.219. The minimum atomic E-state index is -0.593. The predicted octanol–water partition coefficient (Wildman–Crippen LogP) is 5.96. The van der Waals surface area contributed by atoms with Crippen LogP contribution in [0.4, 0.5) is 5.69 Å². The number of carbonyl (C=O) groups is 2. The van der Waals surface area contributed by atoms with Crippen LogP contribution in [0.1, 0.15) is 29.8 Å². The van der Waals surface area contributed by atoms with Crippen molar-refractivity contribution in [2.75, 3.05) is 32.8 Å². The van der Waals surface area contributed by atoms with Gasteiger partial charge in [0.05, 0.1) is 31.0 Å². The number of ketones is 1. The maximum atomic E-state index is 13.3. The van der Waals surface area contributed by atoms with Crippen LogP contribution < -0.4 is 14.4 Å². The lowest BCUT2D eigenvalue weighted by molar-refractivity contribution is -0.117. The van der Waals surface area contributed by atoms with Crippen molar-refractivity contribution >= 4 is 28.3 Å². The van der Waals surface area contributed by atoms with E-state index in [1.165, 1.54) is 0 Å². The van der Waals surface area contributed by atoms with E-state index in [4.69, 9.17) is 19.2 Å². The Balaban J connectivity index is 1.41. The van der Waals surface area contributed by atoms with Crippen LogP contribution in [-0.4, -0.2) is 44.6 Å². The third kappa shape index (κ3) is 4.72. The monoisotopic (exact) mass is 522 g/mol. The molecule has 7 nitrogen and oxygen atoms in total. The summed E-state index contributed by atoms with van der Waals surface area (Å²) in [4.78, 5) is 33.0. The summed E-state index contributed by atoms with van der Waals surface area (Å²) in [7, 11) is 5.08. The number of ether oxygens (including phenoxy) is 3. The number of benzene rings is 3. The molecule has 0 fully saturated rings. The first kappa shape index (κ1) is 26.0. The molecule has 4 aromatic rings. The number of pyridine rings is 1. The second-order valence-corrected chi connectivity index (χ2v) is 9.92. The van der Waals surface area contributed by atoms with Gasteiger partial charge in [0, 0.05) is 40.9 Å². The van der Waals surface area contributed by atoms with Gasteiger partial charge in [-0.3, -0.25) is 4.79 Å². The number of hydrogen-bond acceptors (Lipinski definition) is 7. The van der Waals surface area contributed by atoms with E-state index in [1.807, 2.05) is 60.5 Å². The Morgan fingerprint density at radius 3 is 2.38 bits per heavy atom. The van der Waals surface area contributed by atoms with Gasteiger partial charge in [-0.15, -0.1) is 0 Å². The molecule has 1 aliphatic rings. The first-order chi connectivity index (χ1) is 18.7. The van der Waals surface area contributed by atoms with Crippen LogP contribution in [0.25, 0.3) is 22.2 Å². The number of nitrogens with zero attached hydrogens (tertiary/aromatic N) is 2. The molecule has 1 aliphatic heterocycles. The summed E-state index contributed by atoms with van der Waals surface area (Å²) in [5.74, 6) is 0.261. The number of rotatable bonds is 7. The van der Waals surface area contributed by atoms with Crippen molar-refractivity contribution in [1.29, 1.82) is 0 Å². The summed E-state index contributed by atoms with van der Waals surface area (Å²) >= 11 is 0. The van der Waals surface area contributed by atoms with E-state index in [2.05, 4.69) is 19.9 Å².